The van der Waals surface area contributed by atoms with Crippen LogP contribution in [-0.4, -0.2) is 35.6 Å². The zero-order chi connectivity index (χ0) is 16.4. The van der Waals surface area contributed by atoms with Gasteiger partial charge in [-0.15, -0.1) is 0 Å². The highest BCUT2D eigenvalue weighted by atomic mass is 32.2. The van der Waals surface area contributed by atoms with Gasteiger partial charge in [0.05, 0.1) is 12.0 Å². The van der Waals surface area contributed by atoms with Gasteiger partial charge < -0.3 is 14.2 Å². The molecule has 2 aliphatic rings. The number of carbonyl (C=O) groups excluding carboxylic acids is 1. The van der Waals surface area contributed by atoms with Gasteiger partial charge in [-0.05, 0) is 30.2 Å². The molecule has 0 N–H and O–H groups in total. The van der Waals surface area contributed by atoms with Gasteiger partial charge >= 0.3 is 0 Å². The summed E-state index contributed by atoms with van der Waals surface area (Å²) < 4.78 is 16.7. The first-order valence-corrected chi connectivity index (χ1v) is 8.59. The van der Waals surface area contributed by atoms with Crippen molar-refractivity contribution in [1.29, 1.82) is 0 Å². The van der Waals surface area contributed by atoms with E-state index in [0.717, 1.165) is 18.4 Å². The van der Waals surface area contributed by atoms with E-state index in [1.54, 1.807) is 12.0 Å². The van der Waals surface area contributed by atoms with Crippen LogP contribution in [0.3, 0.4) is 0 Å². The predicted molar refractivity (Wildman–Crippen MR) is 93.9 cm³/mol. The van der Waals surface area contributed by atoms with Gasteiger partial charge in [-0.2, -0.15) is 0 Å². The van der Waals surface area contributed by atoms with E-state index in [1.165, 1.54) is 11.8 Å². The molecule has 3 rings (SSSR count). The van der Waals surface area contributed by atoms with Crippen molar-refractivity contribution in [2.75, 3.05) is 20.4 Å². The molecule has 2 heterocycles. The van der Waals surface area contributed by atoms with E-state index in [4.69, 9.17) is 26.4 Å². The Morgan fingerprint density at radius 2 is 2.26 bits per heavy atom. The van der Waals surface area contributed by atoms with Crippen molar-refractivity contribution in [1.82, 2.24) is 4.90 Å². The third-order valence-electron chi connectivity index (χ3n) is 3.59. The van der Waals surface area contributed by atoms with E-state index >= 15 is 0 Å². The molecule has 1 aromatic rings. The van der Waals surface area contributed by atoms with Gasteiger partial charge in [0.25, 0.3) is 5.91 Å². The van der Waals surface area contributed by atoms with Crippen molar-refractivity contribution in [3.63, 3.8) is 0 Å². The second-order valence-electron chi connectivity index (χ2n) is 5.14. The van der Waals surface area contributed by atoms with Crippen LogP contribution in [0.5, 0.6) is 17.2 Å². The van der Waals surface area contributed by atoms with Crippen LogP contribution in [-0.2, 0) is 4.79 Å². The molecule has 0 radical (unpaired) electrons. The topological polar surface area (TPSA) is 48.0 Å². The summed E-state index contributed by atoms with van der Waals surface area (Å²) in [6, 6.07) is 3.66. The molecule has 1 fully saturated rings. The van der Waals surface area contributed by atoms with Gasteiger partial charge in [0.15, 0.2) is 11.5 Å². The third kappa shape index (κ3) is 3.16. The number of methoxy groups -OCH3 is 1. The van der Waals surface area contributed by atoms with Crippen molar-refractivity contribution in [3.05, 3.63) is 22.6 Å². The van der Waals surface area contributed by atoms with Crippen molar-refractivity contribution < 1.29 is 19.0 Å². The fourth-order valence-corrected chi connectivity index (χ4v) is 3.70. The minimum absolute atomic E-state index is 0.0370. The summed E-state index contributed by atoms with van der Waals surface area (Å²) in [7, 11) is 1.57. The van der Waals surface area contributed by atoms with E-state index in [1.807, 2.05) is 18.2 Å². The normalized spacial score (nSPS) is 18.2. The number of amides is 1. The van der Waals surface area contributed by atoms with Gasteiger partial charge in [0, 0.05) is 6.54 Å². The largest absolute Gasteiger partial charge is 0.493 e. The Morgan fingerprint density at radius 3 is 3.00 bits per heavy atom. The Balaban J connectivity index is 1.87. The molecule has 0 aromatic heterocycles. The van der Waals surface area contributed by atoms with Crippen LogP contribution in [0.2, 0.25) is 0 Å². The Labute approximate surface area is 144 Å². The van der Waals surface area contributed by atoms with E-state index in [9.17, 15) is 4.79 Å². The molecule has 5 nitrogen and oxygen atoms in total. The maximum Gasteiger partial charge on any atom is 0.266 e. The smallest absolute Gasteiger partial charge is 0.266 e. The van der Waals surface area contributed by atoms with Gasteiger partial charge in [-0.1, -0.05) is 37.3 Å². The average Bonchev–Trinajstić information content (AvgIpc) is 3.11. The summed E-state index contributed by atoms with van der Waals surface area (Å²) in [6.45, 7) is 2.93. The first-order chi connectivity index (χ1) is 11.1. The van der Waals surface area contributed by atoms with Crippen LogP contribution >= 0.6 is 24.0 Å². The lowest BCUT2D eigenvalue weighted by atomic mass is 10.1. The highest BCUT2D eigenvalue weighted by Gasteiger charge is 2.31. The highest BCUT2D eigenvalue weighted by Crippen LogP contribution is 2.43. The number of thioether (sulfide) groups is 1. The number of carbonyl (C=O) groups is 1. The van der Waals surface area contributed by atoms with Crippen LogP contribution in [0.4, 0.5) is 0 Å². The fourth-order valence-electron chi connectivity index (χ4n) is 2.39. The number of benzene rings is 1. The number of nitrogens with zero attached hydrogens (tertiary/aromatic N) is 1. The number of unbranched alkanes of at least 4 members (excludes halogenated alkanes) is 1. The minimum atomic E-state index is -0.0370. The molecule has 1 amide bonds. The number of ether oxygens (including phenoxy) is 3. The molecular weight excluding hydrogens is 334 g/mol. The van der Waals surface area contributed by atoms with Crippen LogP contribution < -0.4 is 14.2 Å². The van der Waals surface area contributed by atoms with Crippen LogP contribution in [0.15, 0.2) is 17.0 Å². The van der Waals surface area contributed by atoms with Crippen molar-refractivity contribution in [2.24, 2.45) is 0 Å². The van der Waals surface area contributed by atoms with Gasteiger partial charge in [0.1, 0.15) is 4.32 Å². The van der Waals surface area contributed by atoms with Crippen molar-refractivity contribution in [3.8, 4) is 17.2 Å². The monoisotopic (exact) mass is 351 g/mol. The number of hydrogen-bond acceptors (Lipinski definition) is 6. The highest BCUT2D eigenvalue weighted by molar-refractivity contribution is 8.26. The maximum atomic E-state index is 12.5. The number of rotatable bonds is 5. The second-order valence-corrected chi connectivity index (χ2v) is 6.82. The molecule has 7 heteroatoms. The molecule has 0 bridgehead atoms. The molecule has 0 saturated carbocycles. The summed E-state index contributed by atoms with van der Waals surface area (Å²) in [4.78, 5) is 14.8. The lowest BCUT2D eigenvalue weighted by Crippen LogP contribution is -2.28. The summed E-state index contributed by atoms with van der Waals surface area (Å²) in [5, 5.41) is 0. The molecule has 2 aliphatic heterocycles. The first-order valence-electron chi connectivity index (χ1n) is 7.37. The molecule has 1 saturated heterocycles. The van der Waals surface area contributed by atoms with Crippen molar-refractivity contribution in [2.45, 2.75) is 19.8 Å². The van der Waals surface area contributed by atoms with Crippen LogP contribution in [0.25, 0.3) is 6.08 Å². The maximum absolute atomic E-state index is 12.5. The van der Waals surface area contributed by atoms with E-state index in [-0.39, 0.29) is 12.7 Å². The zero-order valence-electron chi connectivity index (χ0n) is 13.0. The Kier molecular flexibility index (Phi) is 4.77. The molecular formula is C16H17NO4S2. The van der Waals surface area contributed by atoms with Gasteiger partial charge in [-0.3, -0.25) is 9.69 Å². The summed E-state index contributed by atoms with van der Waals surface area (Å²) in [5.74, 6) is 1.77. The van der Waals surface area contributed by atoms with Crippen LogP contribution in [0.1, 0.15) is 25.3 Å². The minimum Gasteiger partial charge on any atom is -0.493 e. The number of hydrogen-bond donors (Lipinski definition) is 0. The third-order valence-corrected chi connectivity index (χ3v) is 4.97. The number of thiocarbonyl (C=S) groups is 1. The van der Waals surface area contributed by atoms with Crippen molar-refractivity contribution >= 4 is 40.3 Å². The predicted octanol–water partition coefficient (Wildman–Crippen LogP) is 3.43. The molecule has 122 valence electrons. The number of fused-ring (bicyclic) bond motifs is 1. The average molecular weight is 351 g/mol. The summed E-state index contributed by atoms with van der Waals surface area (Å²) >= 11 is 6.64. The molecule has 0 atom stereocenters. The van der Waals surface area contributed by atoms with Gasteiger partial charge in [-0.25, -0.2) is 0 Å². The molecule has 23 heavy (non-hydrogen) atoms. The Morgan fingerprint density at radius 1 is 1.43 bits per heavy atom. The van der Waals surface area contributed by atoms with Gasteiger partial charge in [0.2, 0.25) is 12.5 Å². The summed E-state index contributed by atoms with van der Waals surface area (Å²) in [5.41, 5.74) is 0.821. The lowest BCUT2D eigenvalue weighted by Gasteiger charge is -2.13. The Hall–Kier alpha value is -1.73. The fraction of sp³-hybridized carbons (Fsp3) is 0.375. The quantitative estimate of drug-likeness (QED) is 0.598. The molecule has 0 aliphatic carbocycles. The zero-order valence-corrected chi connectivity index (χ0v) is 14.6. The Bertz CT molecular complexity index is 687. The van der Waals surface area contributed by atoms with E-state index in [2.05, 4.69) is 6.92 Å². The van der Waals surface area contributed by atoms with Crippen LogP contribution in [0, 0.1) is 0 Å². The SMILES string of the molecule is CCCCN1C(=O)/C(=C\c2cc(OC)c3c(c2)OCO3)SC1=S. The molecule has 1 aromatic carbocycles. The second kappa shape index (κ2) is 6.80. The lowest BCUT2D eigenvalue weighted by molar-refractivity contribution is -0.122. The molecule has 0 unspecified atom stereocenters. The first kappa shape index (κ1) is 16.1. The summed E-state index contributed by atoms with van der Waals surface area (Å²) in [6.07, 6.45) is 3.78. The van der Waals surface area contributed by atoms with E-state index in [0.29, 0.717) is 33.0 Å². The standard InChI is InChI=1S/C16H17NO4S2/c1-3-4-5-17-15(18)13(23-16(17)22)8-10-6-11(19-2)14-12(7-10)20-9-21-14/h6-8H,3-5,9H2,1-2H3/b13-8+. The van der Waals surface area contributed by atoms with E-state index < -0.39 is 0 Å². The molecule has 0 spiro atoms.